The summed E-state index contributed by atoms with van der Waals surface area (Å²) < 4.78 is 32.6. The molecule has 5 nitrogen and oxygen atoms in total. The average Bonchev–Trinajstić information content (AvgIpc) is 3.08. The van der Waals surface area contributed by atoms with Crippen LogP contribution in [0.4, 0.5) is 5.69 Å². The highest BCUT2D eigenvalue weighted by Gasteiger charge is 2.14. The molecule has 0 unspecified atom stereocenters. The van der Waals surface area contributed by atoms with Gasteiger partial charge in [0.05, 0.1) is 23.3 Å². The highest BCUT2D eigenvalue weighted by Crippen LogP contribution is 2.16. The van der Waals surface area contributed by atoms with Gasteiger partial charge in [0.25, 0.3) is 0 Å². The summed E-state index contributed by atoms with van der Waals surface area (Å²) in [4.78, 5) is 4.47. The van der Waals surface area contributed by atoms with E-state index < -0.39 is 10.0 Å². The Labute approximate surface area is 157 Å². The summed E-state index contributed by atoms with van der Waals surface area (Å²) in [5.74, 6) is 1.04. The topological polar surface area (TPSA) is 71.7 Å². The molecule has 3 rings (SSSR count). The van der Waals surface area contributed by atoms with Crippen LogP contribution in [0, 0.1) is 6.92 Å². The van der Waals surface area contributed by atoms with E-state index >= 15 is 0 Å². The Morgan fingerprint density at radius 2 is 1.73 bits per heavy atom. The molecule has 0 spiro atoms. The number of hydrogen-bond acceptors (Lipinski definition) is 4. The van der Waals surface area contributed by atoms with E-state index in [4.69, 9.17) is 16.0 Å². The maximum absolute atomic E-state index is 12.2. The number of rotatable bonds is 6. The standard InChI is InChI=1S/C19H17ClN2O3S/c1-14-2-6-16(7-3-14)21-12-17-8-9-18(25-17)13-22-26(23,24)19-10-4-15(20)5-11-19/h2-12,22H,13H2,1H3. The summed E-state index contributed by atoms with van der Waals surface area (Å²) in [5, 5.41) is 0.479. The van der Waals surface area contributed by atoms with Gasteiger partial charge in [0.2, 0.25) is 10.0 Å². The third-order valence-electron chi connectivity index (χ3n) is 3.62. The Bertz CT molecular complexity index is 1010. The molecule has 134 valence electrons. The third-order valence-corrected chi connectivity index (χ3v) is 5.29. The van der Waals surface area contributed by atoms with Crippen LogP contribution in [0.3, 0.4) is 0 Å². The number of nitrogens with one attached hydrogen (secondary N) is 1. The van der Waals surface area contributed by atoms with E-state index in [1.165, 1.54) is 24.3 Å². The van der Waals surface area contributed by atoms with Crippen LogP contribution in [0.25, 0.3) is 0 Å². The van der Waals surface area contributed by atoms with Crippen molar-refractivity contribution in [2.45, 2.75) is 18.4 Å². The van der Waals surface area contributed by atoms with Gasteiger partial charge >= 0.3 is 0 Å². The first-order valence-electron chi connectivity index (χ1n) is 7.87. The maximum Gasteiger partial charge on any atom is 0.240 e. The van der Waals surface area contributed by atoms with Gasteiger partial charge in [0, 0.05) is 5.02 Å². The second-order valence-corrected chi connectivity index (χ2v) is 7.88. The molecule has 1 N–H and O–H groups in total. The summed E-state index contributed by atoms with van der Waals surface area (Å²) in [7, 11) is -3.63. The first-order chi connectivity index (χ1) is 12.4. The van der Waals surface area contributed by atoms with Crippen molar-refractivity contribution in [3.63, 3.8) is 0 Å². The first-order valence-corrected chi connectivity index (χ1v) is 9.73. The lowest BCUT2D eigenvalue weighted by Crippen LogP contribution is -2.22. The molecule has 0 fully saturated rings. The van der Waals surface area contributed by atoms with E-state index in [9.17, 15) is 8.42 Å². The lowest BCUT2D eigenvalue weighted by molar-refractivity contribution is 0.494. The predicted octanol–water partition coefficient (Wildman–Crippen LogP) is 4.47. The molecule has 1 aromatic heterocycles. The smallest absolute Gasteiger partial charge is 0.240 e. The van der Waals surface area contributed by atoms with Gasteiger partial charge in [-0.15, -0.1) is 0 Å². The van der Waals surface area contributed by atoms with Crippen LogP contribution in [-0.2, 0) is 16.6 Å². The van der Waals surface area contributed by atoms with Crippen molar-refractivity contribution in [3.05, 3.63) is 82.8 Å². The van der Waals surface area contributed by atoms with Crippen LogP contribution < -0.4 is 4.72 Å². The fourth-order valence-electron chi connectivity index (χ4n) is 2.19. The Kier molecular flexibility index (Phi) is 5.56. The van der Waals surface area contributed by atoms with Crippen LogP contribution in [0.1, 0.15) is 17.1 Å². The summed E-state index contributed by atoms with van der Waals surface area (Å²) in [5.41, 5.74) is 1.98. The monoisotopic (exact) mass is 388 g/mol. The molecular formula is C19H17ClN2O3S. The normalized spacial score (nSPS) is 11.9. The van der Waals surface area contributed by atoms with Gasteiger partial charge in [-0.3, -0.25) is 4.99 Å². The molecule has 26 heavy (non-hydrogen) atoms. The van der Waals surface area contributed by atoms with Crippen molar-refractivity contribution in [2.24, 2.45) is 4.99 Å². The summed E-state index contributed by atoms with van der Waals surface area (Å²) in [6.45, 7) is 2.06. The van der Waals surface area contributed by atoms with Gasteiger partial charge in [-0.2, -0.15) is 0 Å². The molecule has 0 radical (unpaired) electrons. The molecule has 0 saturated carbocycles. The lowest BCUT2D eigenvalue weighted by Gasteiger charge is -2.05. The Morgan fingerprint density at radius 1 is 1.04 bits per heavy atom. The number of aliphatic imine (C=N–C) groups is 1. The molecule has 0 bridgehead atoms. The SMILES string of the molecule is Cc1ccc(N=Cc2ccc(CNS(=O)(=O)c3ccc(Cl)cc3)o2)cc1. The molecule has 7 heteroatoms. The number of hydrogen-bond donors (Lipinski definition) is 1. The predicted molar refractivity (Wildman–Crippen MR) is 103 cm³/mol. The van der Waals surface area contributed by atoms with Crippen LogP contribution in [-0.4, -0.2) is 14.6 Å². The van der Waals surface area contributed by atoms with E-state index in [1.54, 1.807) is 18.3 Å². The molecule has 2 aromatic carbocycles. The quantitative estimate of drug-likeness (QED) is 0.633. The first kappa shape index (κ1) is 18.4. The highest BCUT2D eigenvalue weighted by atomic mass is 35.5. The minimum absolute atomic E-state index is 0.0450. The number of halogens is 1. The van der Waals surface area contributed by atoms with Gasteiger partial charge in [0.15, 0.2) is 0 Å². The summed E-state index contributed by atoms with van der Waals surface area (Å²) in [6.07, 6.45) is 1.60. The Morgan fingerprint density at radius 3 is 2.42 bits per heavy atom. The van der Waals surface area contributed by atoms with Gasteiger partial charge in [-0.1, -0.05) is 29.3 Å². The third kappa shape index (κ3) is 4.82. The fourth-order valence-corrected chi connectivity index (χ4v) is 3.31. The number of nitrogens with zero attached hydrogens (tertiary/aromatic N) is 1. The van der Waals surface area contributed by atoms with E-state index in [0.717, 1.165) is 11.3 Å². The Hall–Kier alpha value is -2.41. The zero-order chi connectivity index (χ0) is 18.6. The summed E-state index contributed by atoms with van der Waals surface area (Å²) >= 11 is 5.78. The largest absolute Gasteiger partial charge is 0.459 e. The number of aryl methyl sites for hydroxylation is 1. The van der Waals surface area contributed by atoms with E-state index in [1.807, 2.05) is 31.2 Å². The molecule has 1 heterocycles. The van der Waals surface area contributed by atoms with E-state index in [2.05, 4.69) is 9.71 Å². The fraction of sp³-hybridized carbons (Fsp3) is 0.105. The van der Waals surface area contributed by atoms with Crippen molar-refractivity contribution in [2.75, 3.05) is 0 Å². The molecule has 0 amide bonds. The molecule has 0 atom stereocenters. The number of sulfonamides is 1. The number of benzene rings is 2. The molecule has 3 aromatic rings. The van der Waals surface area contributed by atoms with Crippen molar-refractivity contribution < 1.29 is 12.8 Å². The number of furan rings is 1. The average molecular weight is 389 g/mol. The van der Waals surface area contributed by atoms with Crippen LogP contribution in [0.5, 0.6) is 0 Å². The molecule has 0 aliphatic heterocycles. The van der Waals surface area contributed by atoms with Gasteiger partial charge in [0.1, 0.15) is 11.5 Å². The molecular weight excluding hydrogens is 372 g/mol. The van der Waals surface area contributed by atoms with E-state index in [0.29, 0.717) is 16.5 Å². The molecule has 0 aliphatic carbocycles. The van der Waals surface area contributed by atoms with Crippen molar-refractivity contribution in [3.8, 4) is 0 Å². The minimum Gasteiger partial charge on any atom is -0.459 e. The highest BCUT2D eigenvalue weighted by molar-refractivity contribution is 7.89. The van der Waals surface area contributed by atoms with Crippen LogP contribution >= 0.6 is 11.6 Å². The minimum atomic E-state index is -3.63. The van der Waals surface area contributed by atoms with Gasteiger partial charge in [-0.05, 0) is 55.5 Å². The molecule has 0 aliphatic rings. The van der Waals surface area contributed by atoms with E-state index in [-0.39, 0.29) is 11.4 Å². The summed E-state index contributed by atoms with van der Waals surface area (Å²) in [6, 6.07) is 17.2. The lowest BCUT2D eigenvalue weighted by atomic mass is 10.2. The Balaban J connectivity index is 1.63. The molecule has 0 saturated heterocycles. The second-order valence-electron chi connectivity index (χ2n) is 5.68. The van der Waals surface area contributed by atoms with Crippen molar-refractivity contribution >= 4 is 33.5 Å². The zero-order valence-corrected chi connectivity index (χ0v) is 15.6. The van der Waals surface area contributed by atoms with Crippen molar-refractivity contribution in [1.82, 2.24) is 4.72 Å². The zero-order valence-electron chi connectivity index (χ0n) is 14.0. The van der Waals surface area contributed by atoms with Crippen LogP contribution in [0.2, 0.25) is 5.02 Å². The van der Waals surface area contributed by atoms with Crippen molar-refractivity contribution in [1.29, 1.82) is 0 Å². The van der Waals surface area contributed by atoms with Gasteiger partial charge in [-0.25, -0.2) is 13.1 Å². The van der Waals surface area contributed by atoms with Gasteiger partial charge < -0.3 is 4.42 Å². The maximum atomic E-state index is 12.2. The van der Waals surface area contributed by atoms with Crippen LogP contribution in [0.15, 0.2) is 75.0 Å². The second kappa shape index (κ2) is 7.86.